The summed E-state index contributed by atoms with van der Waals surface area (Å²) in [5.41, 5.74) is 0.342. The molecule has 0 radical (unpaired) electrons. The Kier molecular flexibility index (Phi) is 6.42. The van der Waals surface area contributed by atoms with Crippen LogP contribution in [0.3, 0.4) is 0 Å². The maximum absolute atomic E-state index is 11.7. The number of ether oxygens (including phenoxy) is 1. The molecule has 0 atom stereocenters. The van der Waals surface area contributed by atoms with E-state index in [9.17, 15) is 4.79 Å². The Morgan fingerprint density at radius 3 is 3.17 bits per heavy atom. The maximum Gasteiger partial charge on any atom is 0.270 e. The molecule has 18 heavy (non-hydrogen) atoms. The first-order valence-electron chi connectivity index (χ1n) is 5.73. The summed E-state index contributed by atoms with van der Waals surface area (Å²) in [6.07, 6.45) is 4.01. The molecule has 1 rings (SSSR count). The van der Waals surface area contributed by atoms with Crippen LogP contribution >= 0.6 is 0 Å². The van der Waals surface area contributed by atoms with Gasteiger partial charge >= 0.3 is 0 Å². The number of carbonyl (C=O) groups excluding carboxylic acids is 1. The lowest BCUT2D eigenvalue weighted by Crippen LogP contribution is -2.26. The molecule has 0 aliphatic rings. The van der Waals surface area contributed by atoms with E-state index >= 15 is 0 Å². The van der Waals surface area contributed by atoms with Crippen molar-refractivity contribution in [3.05, 3.63) is 30.6 Å². The summed E-state index contributed by atoms with van der Waals surface area (Å²) in [5, 5.41) is 5.69. The minimum Gasteiger partial charge on any atom is -0.385 e. The van der Waals surface area contributed by atoms with Crippen molar-refractivity contribution in [2.75, 3.05) is 32.1 Å². The molecule has 6 nitrogen and oxygen atoms in total. The van der Waals surface area contributed by atoms with Crippen molar-refractivity contribution >= 4 is 11.9 Å². The average molecular weight is 250 g/mol. The minimum atomic E-state index is -0.213. The molecule has 0 saturated heterocycles. The largest absolute Gasteiger partial charge is 0.385 e. The Bertz CT molecular complexity index is 395. The SMILES string of the molecule is C=CCNc1nccc(C(=O)NCCCOC)n1. The lowest BCUT2D eigenvalue weighted by molar-refractivity contribution is 0.0943. The zero-order chi connectivity index (χ0) is 13.2. The van der Waals surface area contributed by atoms with Crippen molar-refractivity contribution in [2.24, 2.45) is 0 Å². The number of methoxy groups -OCH3 is 1. The molecule has 0 fully saturated rings. The first-order chi connectivity index (χ1) is 8.77. The predicted octanol–water partition coefficient (Wildman–Crippen LogP) is 0.841. The molecule has 2 N–H and O–H groups in total. The molecular weight excluding hydrogens is 232 g/mol. The van der Waals surface area contributed by atoms with Crippen LogP contribution in [0.2, 0.25) is 0 Å². The molecular formula is C12H18N4O2. The van der Waals surface area contributed by atoms with E-state index in [1.807, 2.05) is 0 Å². The summed E-state index contributed by atoms with van der Waals surface area (Å²) in [6, 6.07) is 1.57. The van der Waals surface area contributed by atoms with Gasteiger partial charge in [0.15, 0.2) is 0 Å². The third-order valence-corrected chi connectivity index (χ3v) is 2.10. The number of nitrogens with one attached hydrogen (secondary N) is 2. The summed E-state index contributed by atoms with van der Waals surface area (Å²) >= 11 is 0. The van der Waals surface area contributed by atoms with Gasteiger partial charge in [-0.2, -0.15) is 0 Å². The van der Waals surface area contributed by atoms with E-state index in [1.54, 1.807) is 25.4 Å². The molecule has 0 saturated carbocycles. The zero-order valence-corrected chi connectivity index (χ0v) is 10.5. The smallest absolute Gasteiger partial charge is 0.270 e. The molecule has 0 spiro atoms. The van der Waals surface area contributed by atoms with Crippen LogP contribution in [0.5, 0.6) is 0 Å². The fourth-order valence-corrected chi connectivity index (χ4v) is 1.24. The second kappa shape index (κ2) is 8.19. The van der Waals surface area contributed by atoms with Gasteiger partial charge in [0, 0.05) is 33.0 Å². The van der Waals surface area contributed by atoms with Crippen molar-refractivity contribution in [2.45, 2.75) is 6.42 Å². The highest BCUT2D eigenvalue weighted by molar-refractivity contribution is 5.92. The monoisotopic (exact) mass is 250 g/mol. The Labute approximate surface area is 106 Å². The molecule has 0 aromatic carbocycles. The number of carbonyl (C=O) groups is 1. The first kappa shape index (κ1) is 14.1. The van der Waals surface area contributed by atoms with Crippen LogP contribution in [0.4, 0.5) is 5.95 Å². The van der Waals surface area contributed by atoms with Gasteiger partial charge in [-0.05, 0) is 12.5 Å². The van der Waals surface area contributed by atoms with E-state index in [2.05, 4.69) is 27.2 Å². The highest BCUT2D eigenvalue weighted by Gasteiger charge is 2.07. The van der Waals surface area contributed by atoms with E-state index in [4.69, 9.17) is 4.74 Å². The van der Waals surface area contributed by atoms with Gasteiger partial charge in [-0.15, -0.1) is 6.58 Å². The Balaban J connectivity index is 2.48. The van der Waals surface area contributed by atoms with Crippen LogP contribution in [-0.2, 0) is 4.74 Å². The van der Waals surface area contributed by atoms with Crippen LogP contribution in [-0.4, -0.2) is 42.7 Å². The number of hydrogen-bond donors (Lipinski definition) is 2. The number of anilines is 1. The highest BCUT2D eigenvalue weighted by Crippen LogP contribution is 2.00. The average Bonchev–Trinajstić information content (AvgIpc) is 2.41. The summed E-state index contributed by atoms with van der Waals surface area (Å²) in [4.78, 5) is 19.8. The summed E-state index contributed by atoms with van der Waals surface area (Å²) in [7, 11) is 1.63. The predicted molar refractivity (Wildman–Crippen MR) is 69.5 cm³/mol. The van der Waals surface area contributed by atoms with Crippen LogP contribution in [0.15, 0.2) is 24.9 Å². The molecule has 0 aliphatic heterocycles. The number of amides is 1. The second-order valence-corrected chi connectivity index (χ2v) is 3.54. The quantitative estimate of drug-likeness (QED) is 0.528. The van der Waals surface area contributed by atoms with Crippen molar-refractivity contribution in [1.82, 2.24) is 15.3 Å². The fourth-order valence-electron chi connectivity index (χ4n) is 1.24. The summed E-state index contributed by atoms with van der Waals surface area (Å²) < 4.78 is 4.90. The van der Waals surface area contributed by atoms with Gasteiger partial charge in [-0.25, -0.2) is 9.97 Å². The Hall–Kier alpha value is -1.95. The van der Waals surface area contributed by atoms with Crippen LogP contribution in [0.1, 0.15) is 16.9 Å². The van der Waals surface area contributed by atoms with Gasteiger partial charge in [-0.3, -0.25) is 4.79 Å². The number of hydrogen-bond acceptors (Lipinski definition) is 5. The summed E-state index contributed by atoms with van der Waals surface area (Å²) in [6.45, 7) is 5.32. The minimum absolute atomic E-state index is 0.213. The van der Waals surface area contributed by atoms with Gasteiger partial charge in [0.1, 0.15) is 5.69 Å². The third-order valence-electron chi connectivity index (χ3n) is 2.10. The summed E-state index contributed by atoms with van der Waals surface area (Å²) in [5.74, 6) is 0.203. The maximum atomic E-state index is 11.7. The normalized spacial score (nSPS) is 9.83. The lowest BCUT2D eigenvalue weighted by atomic mass is 10.3. The van der Waals surface area contributed by atoms with Gasteiger partial charge in [0.05, 0.1) is 0 Å². The van der Waals surface area contributed by atoms with Crippen molar-refractivity contribution in [3.8, 4) is 0 Å². The van der Waals surface area contributed by atoms with Gasteiger partial charge in [-0.1, -0.05) is 6.08 Å². The van der Waals surface area contributed by atoms with Crippen molar-refractivity contribution in [3.63, 3.8) is 0 Å². The molecule has 1 aromatic rings. The van der Waals surface area contributed by atoms with Gasteiger partial charge in [0.2, 0.25) is 5.95 Å². The molecule has 1 heterocycles. The molecule has 1 aromatic heterocycles. The third kappa shape index (κ3) is 4.92. The molecule has 0 bridgehead atoms. The molecule has 0 unspecified atom stereocenters. The molecule has 1 amide bonds. The van der Waals surface area contributed by atoms with Crippen molar-refractivity contribution in [1.29, 1.82) is 0 Å². The fraction of sp³-hybridized carbons (Fsp3) is 0.417. The molecule has 0 aliphatic carbocycles. The Morgan fingerprint density at radius 2 is 2.44 bits per heavy atom. The number of rotatable bonds is 8. The van der Waals surface area contributed by atoms with E-state index < -0.39 is 0 Å². The van der Waals surface area contributed by atoms with E-state index in [-0.39, 0.29) is 5.91 Å². The van der Waals surface area contributed by atoms with Crippen molar-refractivity contribution < 1.29 is 9.53 Å². The van der Waals surface area contributed by atoms with Crippen LogP contribution < -0.4 is 10.6 Å². The van der Waals surface area contributed by atoms with Crippen LogP contribution in [0, 0.1) is 0 Å². The van der Waals surface area contributed by atoms with E-state index in [1.165, 1.54) is 0 Å². The first-order valence-corrected chi connectivity index (χ1v) is 5.73. The molecule has 6 heteroatoms. The molecule has 98 valence electrons. The van der Waals surface area contributed by atoms with Gasteiger partial charge in [0.25, 0.3) is 5.91 Å². The van der Waals surface area contributed by atoms with Crippen LogP contribution in [0.25, 0.3) is 0 Å². The topological polar surface area (TPSA) is 76.1 Å². The number of aromatic nitrogens is 2. The van der Waals surface area contributed by atoms with Gasteiger partial charge < -0.3 is 15.4 Å². The Morgan fingerprint density at radius 1 is 1.61 bits per heavy atom. The zero-order valence-electron chi connectivity index (χ0n) is 10.5. The van der Waals surface area contributed by atoms with E-state index in [0.717, 1.165) is 6.42 Å². The number of nitrogens with zero attached hydrogens (tertiary/aromatic N) is 2. The highest BCUT2D eigenvalue weighted by atomic mass is 16.5. The van der Waals surface area contributed by atoms with E-state index in [0.29, 0.717) is 31.3 Å². The lowest BCUT2D eigenvalue weighted by Gasteiger charge is -2.06. The standard InChI is InChI=1S/C12H18N4O2/c1-3-6-14-12-15-8-5-10(16-12)11(17)13-7-4-9-18-2/h3,5,8H,1,4,6-7,9H2,2H3,(H,13,17)(H,14,15,16). The second-order valence-electron chi connectivity index (χ2n) is 3.54.